The molecule has 7 heteroatoms. The number of ether oxygens (including phenoxy) is 1. The van der Waals surface area contributed by atoms with Gasteiger partial charge in [0.15, 0.2) is 5.54 Å². The highest BCUT2D eigenvalue weighted by Gasteiger charge is 2.66. The summed E-state index contributed by atoms with van der Waals surface area (Å²) in [5.74, 6) is -0.809. The van der Waals surface area contributed by atoms with Crippen molar-refractivity contribution in [2.45, 2.75) is 24.8 Å². The molecule has 160 valence electrons. The molecule has 1 aliphatic carbocycles. The average Bonchev–Trinajstić information content (AvgIpc) is 3.52. The molecule has 0 aliphatic heterocycles. The van der Waals surface area contributed by atoms with Gasteiger partial charge < -0.3 is 9.29 Å². The van der Waals surface area contributed by atoms with Crippen molar-refractivity contribution in [1.29, 1.82) is 0 Å². The van der Waals surface area contributed by atoms with Crippen LogP contribution in [0.2, 0.25) is 5.02 Å². The second kappa shape index (κ2) is 8.83. The minimum absolute atomic E-state index is 0.178. The molecule has 3 atom stereocenters. The number of carbonyl (C=O) groups excluding carboxylic acids is 1. The molecular formula is C24H21ClNO4S-. The van der Waals surface area contributed by atoms with E-state index < -0.39 is 22.8 Å². The Morgan fingerprint density at radius 3 is 2.19 bits per heavy atom. The fourth-order valence-corrected chi connectivity index (χ4v) is 4.96. The van der Waals surface area contributed by atoms with Gasteiger partial charge in [-0.2, -0.15) is 0 Å². The van der Waals surface area contributed by atoms with E-state index in [2.05, 4.69) is 0 Å². The molecule has 0 radical (unpaired) electrons. The lowest BCUT2D eigenvalue weighted by molar-refractivity contribution is -0.145. The maximum absolute atomic E-state index is 13.0. The van der Waals surface area contributed by atoms with E-state index in [1.165, 1.54) is 0 Å². The zero-order valence-electron chi connectivity index (χ0n) is 16.9. The second-order valence-electron chi connectivity index (χ2n) is 7.38. The number of rotatable bonds is 7. The van der Waals surface area contributed by atoms with Crippen molar-refractivity contribution in [3.8, 4) is 11.1 Å². The first-order chi connectivity index (χ1) is 15.0. The Kier molecular flexibility index (Phi) is 6.14. The number of hydrogen-bond acceptors (Lipinski definition) is 4. The zero-order valence-corrected chi connectivity index (χ0v) is 18.4. The van der Waals surface area contributed by atoms with Crippen molar-refractivity contribution in [2.75, 3.05) is 10.9 Å². The molecule has 31 heavy (non-hydrogen) atoms. The summed E-state index contributed by atoms with van der Waals surface area (Å²) in [4.78, 5) is 13.0. The summed E-state index contributed by atoms with van der Waals surface area (Å²) in [6, 6.07) is 23.9. The first-order valence-electron chi connectivity index (χ1n) is 9.95. The highest BCUT2D eigenvalue weighted by molar-refractivity contribution is 7.80. The molecule has 3 unspecified atom stereocenters. The molecule has 3 aromatic rings. The number of halogens is 1. The minimum atomic E-state index is -2.67. The van der Waals surface area contributed by atoms with Gasteiger partial charge in [-0.1, -0.05) is 66.2 Å². The van der Waals surface area contributed by atoms with E-state index in [0.29, 0.717) is 17.1 Å². The third-order valence-electron chi connectivity index (χ3n) is 5.55. The SMILES string of the molecule is CCOC(=O)C1(N(c2ccc(-c3ccc(Cl)cc3)cc2)S(=O)[O-])CC1c1ccccc1. The predicted molar refractivity (Wildman–Crippen MR) is 121 cm³/mol. The highest BCUT2D eigenvalue weighted by Crippen LogP contribution is 2.57. The lowest BCUT2D eigenvalue weighted by Gasteiger charge is -2.34. The first-order valence-corrected chi connectivity index (χ1v) is 11.4. The van der Waals surface area contributed by atoms with E-state index in [9.17, 15) is 13.6 Å². The molecule has 3 aromatic carbocycles. The van der Waals surface area contributed by atoms with Crippen LogP contribution in [0.3, 0.4) is 0 Å². The summed E-state index contributed by atoms with van der Waals surface area (Å²) in [5.41, 5.74) is 1.91. The summed E-state index contributed by atoms with van der Waals surface area (Å²) in [5, 5.41) is 0.644. The zero-order chi connectivity index (χ0) is 22.0. The number of esters is 1. The van der Waals surface area contributed by atoms with Crippen LogP contribution in [-0.2, 0) is 20.8 Å². The molecule has 0 heterocycles. The maximum Gasteiger partial charge on any atom is 0.333 e. The van der Waals surface area contributed by atoms with Gasteiger partial charge >= 0.3 is 5.97 Å². The van der Waals surface area contributed by atoms with Crippen molar-refractivity contribution >= 4 is 34.5 Å². The van der Waals surface area contributed by atoms with Crippen LogP contribution < -0.4 is 4.31 Å². The number of carbonyl (C=O) groups is 1. The van der Waals surface area contributed by atoms with Crippen LogP contribution in [0.15, 0.2) is 78.9 Å². The fraction of sp³-hybridized carbons (Fsp3) is 0.208. The maximum atomic E-state index is 13.0. The number of hydrogen-bond donors (Lipinski definition) is 0. The molecule has 1 fully saturated rings. The second-order valence-corrected chi connectivity index (χ2v) is 8.61. The van der Waals surface area contributed by atoms with Gasteiger partial charge in [-0.3, -0.25) is 8.51 Å². The van der Waals surface area contributed by atoms with Crippen LogP contribution in [0, 0.1) is 0 Å². The van der Waals surface area contributed by atoms with E-state index in [-0.39, 0.29) is 12.5 Å². The Balaban J connectivity index is 1.71. The molecule has 4 rings (SSSR count). The van der Waals surface area contributed by atoms with Crippen LogP contribution in [0.4, 0.5) is 5.69 Å². The standard InChI is InChI=1S/C24H22ClNO4S/c1-2-30-23(27)24(16-22(24)19-6-4-3-5-7-19)26(31(28)29)21-14-10-18(11-15-21)17-8-12-20(25)13-9-17/h3-15,22H,2,16H2,1H3,(H,28,29)/p-1. The van der Waals surface area contributed by atoms with Crippen molar-refractivity contribution in [3.05, 3.63) is 89.4 Å². The van der Waals surface area contributed by atoms with Crippen molar-refractivity contribution in [1.82, 2.24) is 0 Å². The molecule has 0 N–H and O–H groups in total. The lowest BCUT2D eigenvalue weighted by atomic mass is 10.0. The Morgan fingerprint density at radius 2 is 1.65 bits per heavy atom. The van der Waals surface area contributed by atoms with Crippen LogP contribution in [-0.4, -0.2) is 26.9 Å². The molecule has 0 spiro atoms. The highest BCUT2D eigenvalue weighted by atomic mass is 35.5. The minimum Gasteiger partial charge on any atom is -0.755 e. The van der Waals surface area contributed by atoms with Crippen LogP contribution in [0.5, 0.6) is 0 Å². The van der Waals surface area contributed by atoms with Gasteiger partial charge in [0.05, 0.1) is 6.61 Å². The normalized spacial score (nSPS) is 20.7. The van der Waals surface area contributed by atoms with E-state index in [1.807, 2.05) is 54.6 Å². The monoisotopic (exact) mass is 454 g/mol. The molecule has 0 aromatic heterocycles. The van der Waals surface area contributed by atoms with Crippen molar-refractivity contribution in [3.63, 3.8) is 0 Å². The van der Waals surface area contributed by atoms with Crippen LogP contribution in [0.1, 0.15) is 24.8 Å². The van der Waals surface area contributed by atoms with Gasteiger partial charge in [-0.05, 0) is 54.3 Å². The number of anilines is 1. The molecular weight excluding hydrogens is 434 g/mol. The van der Waals surface area contributed by atoms with Gasteiger partial charge in [0.1, 0.15) is 0 Å². The summed E-state index contributed by atoms with van der Waals surface area (Å²) in [7, 11) is 0. The molecule has 0 saturated heterocycles. The summed E-state index contributed by atoms with van der Waals surface area (Å²) < 4.78 is 31.2. The Labute approximate surface area is 189 Å². The van der Waals surface area contributed by atoms with Crippen LogP contribution in [0.25, 0.3) is 11.1 Å². The van der Waals surface area contributed by atoms with Crippen molar-refractivity contribution < 1.29 is 18.3 Å². The molecule has 1 saturated carbocycles. The van der Waals surface area contributed by atoms with Gasteiger partial charge in [0.25, 0.3) is 0 Å². The average molecular weight is 455 g/mol. The number of benzene rings is 3. The van der Waals surface area contributed by atoms with E-state index in [1.54, 1.807) is 31.2 Å². The Hall–Kier alpha value is -2.67. The van der Waals surface area contributed by atoms with Crippen LogP contribution >= 0.6 is 11.6 Å². The molecule has 1 aliphatic rings. The van der Waals surface area contributed by atoms with E-state index in [4.69, 9.17) is 16.3 Å². The summed E-state index contributed by atoms with van der Waals surface area (Å²) in [6.45, 7) is 1.89. The third kappa shape index (κ3) is 4.11. The summed E-state index contributed by atoms with van der Waals surface area (Å²) >= 11 is 3.29. The summed E-state index contributed by atoms with van der Waals surface area (Å²) in [6.07, 6.45) is 0.364. The van der Waals surface area contributed by atoms with Crippen molar-refractivity contribution in [2.24, 2.45) is 0 Å². The van der Waals surface area contributed by atoms with Gasteiger partial charge in [-0.15, -0.1) is 0 Å². The number of nitrogens with zero attached hydrogens (tertiary/aromatic N) is 1. The molecule has 5 nitrogen and oxygen atoms in total. The quantitative estimate of drug-likeness (QED) is 0.368. The van der Waals surface area contributed by atoms with Gasteiger partial charge in [-0.25, -0.2) is 4.79 Å². The Morgan fingerprint density at radius 1 is 1.06 bits per heavy atom. The fourth-order valence-electron chi connectivity index (χ4n) is 4.00. The topological polar surface area (TPSA) is 69.7 Å². The van der Waals surface area contributed by atoms with Gasteiger partial charge in [0, 0.05) is 27.9 Å². The third-order valence-corrected chi connectivity index (χ3v) is 6.64. The first kappa shape index (κ1) is 21.6. The molecule has 0 amide bonds. The van der Waals surface area contributed by atoms with E-state index >= 15 is 0 Å². The molecule has 0 bridgehead atoms. The smallest absolute Gasteiger partial charge is 0.333 e. The largest absolute Gasteiger partial charge is 0.755 e. The predicted octanol–water partition coefficient (Wildman–Crippen LogP) is 5.10. The van der Waals surface area contributed by atoms with Gasteiger partial charge in [0.2, 0.25) is 0 Å². The Bertz CT molecular complexity index is 1090. The lowest BCUT2D eigenvalue weighted by Crippen LogP contribution is -2.47. The van der Waals surface area contributed by atoms with E-state index in [0.717, 1.165) is 21.0 Å².